The largest absolute Gasteiger partial charge is 0.468 e. The van der Waals surface area contributed by atoms with Gasteiger partial charge in [-0.15, -0.1) is 0 Å². The molecular formula is C14H26N2O. The van der Waals surface area contributed by atoms with E-state index in [2.05, 4.69) is 44.1 Å². The smallest absolute Gasteiger partial charge is 0.122 e. The second kappa shape index (κ2) is 7.51. The van der Waals surface area contributed by atoms with E-state index in [0.717, 1.165) is 37.9 Å². The van der Waals surface area contributed by atoms with Crippen LogP contribution in [0, 0.1) is 5.92 Å². The van der Waals surface area contributed by atoms with E-state index in [9.17, 15) is 0 Å². The second-order valence-corrected chi connectivity index (χ2v) is 4.86. The highest BCUT2D eigenvalue weighted by atomic mass is 16.3. The second-order valence-electron chi connectivity index (χ2n) is 4.86. The zero-order valence-corrected chi connectivity index (χ0v) is 11.6. The molecule has 0 aliphatic carbocycles. The van der Waals surface area contributed by atoms with Crippen molar-refractivity contribution in [3.8, 4) is 0 Å². The summed E-state index contributed by atoms with van der Waals surface area (Å²) in [6, 6.07) is 2.08. The monoisotopic (exact) mass is 238 g/mol. The Bertz CT molecular complexity index is 309. The molecule has 0 saturated heterocycles. The number of hydrogen-bond donors (Lipinski definition) is 1. The van der Waals surface area contributed by atoms with Gasteiger partial charge in [0.05, 0.1) is 12.8 Å². The van der Waals surface area contributed by atoms with Crippen molar-refractivity contribution in [1.29, 1.82) is 0 Å². The van der Waals surface area contributed by atoms with Crippen LogP contribution in [0.2, 0.25) is 0 Å². The summed E-state index contributed by atoms with van der Waals surface area (Å²) < 4.78 is 5.51. The molecule has 0 saturated carbocycles. The average molecular weight is 238 g/mol. The third-order valence-electron chi connectivity index (χ3n) is 3.13. The van der Waals surface area contributed by atoms with E-state index in [4.69, 9.17) is 4.42 Å². The number of hydrogen-bond acceptors (Lipinski definition) is 3. The summed E-state index contributed by atoms with van der Waals surface area (Å²) in [6.45, 7) is 10.6. The van der Waals surface area contributed by atoms with Gasteiger partial charge in [-0.1, -0.05) is 27.2 Å². The number of rotatable bonds is 8. The SMILES string of the molecule is CCNCc1occc1CN(C)CC(C)CC. The molecule has 1 aromatic rings. The maximum Gasteiger partial charge on any atom is 0.122 e. The predicted octanol–water partition coefficient (Wildman–Crippen LogP) is 2.87. The van der Waals surface area contributed by atoms with Crippen LogP contribution >= 0.6 is 0 Å². The van der Waals surface area contributed by atoms with Crippen molar-refractivity contribution in [2.24, 2.45) is 5.92 Å². The Hall–Kier alpha value is -0.800. The normalized spacial score (nSPS) is 13.2. The van der Waals surface area contributed by atoms with Crippen LogP contribution in [0.25, 0.3) is 0 Å². The fourth-order valence-electron chi connectivity index (χ4n) is 1.92. The van der Waals surface area contributed by atoms with Crippen LogP contribution in [0.1, 0.15) is 38.5 Å². The molecule has 0 aliphatic heterocycles. The van der Waals surface area contributed by atoms with Crippen LogP contribution in [0.3, 0.4) is 0 Å². The van der Waals surface area contributed by atoms with Crippen LogP contribution < -0.4 is 5.32 Å². The van der Waals surface area contributed by atoms with E-state index < -0.39 is 0 Å². The molecule has 98 valence electrons. The molecule has 0 amide bonds. The highest BCUT2D eigenvalue weighted by Crippen LogP contribution is 2.14. The third-order valence-corrected chi connectivity index (χ3v) is 3.13. The summed E-state index contributed by atoms with van der Waals surface area (Å²) in [5.41, 5.74) is 1.30. The first kappa shape index (κ1) is 14.3. The Morgan fingerprint density at radius 1 is 1.41 bits per heavy atom. The van der Waals surface area contributed by atoms with Gasteiger partial charge in [-0.05, 0) is 25.6 Å². The zero-order valence-electron chi connectivity index (χ0n) is 11.6. The van der Waals surface area contributed by atoms with E-state index in [-0.39, 0.29) is 0 Å². The van der Waals surface area contributed by atoms with Gasteiger partial charge in [0, 0.05) is 18.7 Å². The Balaban J connectivity index is 2.47. The summed E-state index contributed by atoms with van der Waals surface area (Å²) in [5.74, 6) is 1.83. The van der Waals surface area contributed by atoms with Gasteiger partial charge in [-0.25, -0.2) is 0 Å². The molecule has 0 radical (unpaired) electrons. The molecule has 0 fully saturated rings. The Labute approximate surface area is 105 Å². The Morgan fingerprint density at radius 2 is 2.18 bits per heavy atom. The molecule has 17 heavy (non-hydrogen) atoms. The van der Waals surface area contributed by atoms with E-state index in [0.29, 0.717) is 0 Å². The van der Waals surface area contributed by atoms with E-state index in [1.807, 2.05) is 0 Å². The van der Waals surface area contributed by atoms with Crippen molar-refractivity contribution in [3.63, 3.8) is 0 Å². The molecule has 3 nitrogen and oxygen atoms in total. The third kappa shape index (κ3) is 4.92. The highest BCUT2D eigenvalue weighted by molar-refractivity contribution is 5.16. The lowest BCUT2D eigenvalue weighted by atomic mass is 10.1. The van der Waals surface area contributed by atoms with Crippen LogP contribution in [-0.2, 0) is 13.1 Å². The Kier molecular flexibility index (Phi) is 6.30. The molecule has 1 heterocycles. The molecule has 0 bridgehead atoms. The maximum absolute atomic E-state index is 5.51. The Morgan fingerprint density at radius 3 is 2.82 bits per heavy atom. The minimum Gasteiger partial charge on any atom is -0.468 e. The van der Waals surface area contributed by atoms with Gasteiger partial charge in [0.2, 0.25) is 0 Å². The molecule has 1 N–H and O–H groups in total. The average Bonchev–Trinajstić information content (AvgIpc) is 2.73. The molecule has 1 aromatic heterocycles. The topological polar surface area (TPSA) is 28.4 Å². The van der Waals surface area contributed by atoms with Crippen molar-refractivity contribution in [3.05, 3.63) is 23.7 Å². The lowest BCUT2D eigenvalue weighted by Gasteiger charge is -2.20. The van der Waals surface area contributed by atoms with Crippen LogP contribution in [-0.4, -0.2) is 25.0 Å². The van der Waals surface area contributed by atoms with Crippen molar-refractivity contribution < 1.29 is 4.42 Å². The van der Waals surface area contributed by atoms with Gasteiger partial charge in [0.15, 0.2) is 0 Å². The fraction of sp³-hybridized carbons (Fsp3) is 0.714. The number of nitrogens with zero attached hydrogens (tertiary/aromatic N) is 1. The molecule has 0 spiro atoms. The molecular weight excluding hydrogens is 212 g/mol. The first-order valence-corrected chi connectivity index (χ1v) is 6.61. The van der Waals surface area contributed by atoms with Gasteiger partial charge >= 0.3 is 0 Å². The van der Waals surface area contributed by atoms with Crippen LogP contribution in [0.5, 0.6) is 0 Å². The summed E-state index contributed by atoms with van der Waals surface area (Å²) in [4.78, 5) is 2.37. The molecule has 1 rings (SSSR count). The van der Waals surface area contributed by atoms with E-state index in [1.54, 1.807) is 6.26 Å². The van der Waals surface area contributed by atoms with Crippen molar-refractivity contribution >= 4 is 0 Å². The molecule has 1 atom stereocenters. The van der Waals surface area contributed by atoms with Crippen LogP contribution in [0.4, 0.5) is 0 Å². The van der Waals surface area contributed by atoms with Gasteiger partial charge in [-0.2, -0.15) is 0 Å². The maximum atomic E-state index is 5.51. The molecule has 1 unspecified atom stereocenters. The summed E-state index contributed by atoms with van der Waals surface area (Å²) in [7, 11) is 2.18. The van der Waals surface area contributed by atoms with Crippen molar-refractivity contribution in [2.75, 3.05) is 20.1 Å². The van der Waals surface area contributed by atoms with E-state index >= 15 is 0 Å². The minimum absolute atomic E-state index is 0.754. The number of nitrogens with one attached hydrogen (secondary N) is 1. The lowest BCUT2D eigenvalue weighted by molar-refractivity contribution is 0.273. The van der Waals surface area contributed by atoms with Crippen LogP contribution in [0.15, 0.2) is 16.7 Å². The standard InChI is InChI=1S/C14H26N2O/c1-5-12(3)10-16(4)11-13-7-8-17-14(13)9-15-6-2/h7-8,12,15H,5-6,9-11H2,1-4H3. The quantitative estimate of drug-likeness (QED) is 0.755. The first-order valence-electron chi connectivity index (χ1n) is 6.61. The highest BCUT2D eigenvalue weighted by Gasteiger charge is 2.10. The predicted molar refractivity (Wildman–Crippen MR) is 71.9 cm³/mol. The summed E-state index contributed by atoms with van der Waals surface area (Å²) >= 11 is 0. The first-order chi connectivity index (χ1) is 8.17. The van der Waals surface area contributed by atoms with Gasteiger partial charge in [0.1, 0.15) is 5.76 Å². The molecule has 3 heteroatoms. The number of furan rings is 1. The van der Waals surface area contributed by atoms with Crippen molar-refractivity contribution in [1.82, 2.24) is 10.2 Å². The fourth-order valence-corrected chi connectivity index (χ4v) is 1.92. The summed E-state index contributed by atoms with van der Waals surface area (Å²) in [5, 5.41) is 3.30. The van der Waals surface area contributed by atoms with Gasteiger partial charge < -0.3 is 14.6 Å². The van der Waals surface area contributed by atoms with Gasteiger partial charge in [0.25, 0.3) is 0 Å². The van der Waals surface area contributed by atoms with E-state index in [1.165, 1.54) is 12.0 Å². The summed E-state index contributed by atoms with van der Waals surface area (Å²) in [6.07, 6.45) is 3.03. The minimum atomic E-state index is 0.754. The zero-order chi connectivity index (χ0) is 12.7. The van der Waals surface area contributed by atoms with Crippen molar-refractivity contribution in [2.45, 2.75) is 40.3 Å². The lowest BCUT2D eigenvalue weighted by Crippen LogP contribution is -2.24. The molecule has 0 aromatic carbocycles. The molecule has 0 aliphatic rings. The van der Waals surface area contributed by atoms with Gasteiger partial charge in [-0.3, -0.25) is 0 Å².